The molecule has 1 amide bonds. The highest BCUT2D eigenvalue weighted by Gasteiger charge is 2.49. The second-order valence-electron chi connectivity index (χ2n) is 3.91. The fourth-order valence-corrected chi connectivity index (χ4v) is 1.60. The quantitative estimate of drug-likeness (QED) is 0.823. The molecule has 19 heavy (non-hydrogen) atoms. The lowest BCUT2D eigenvalue weighted by molar-refractivity contribution is -0.170. The van der Waals surface area contributed by atoms with Gasteiger partial charge in [-0.2, -0.15) is 8.78 Å². The second-order valence-corrected chi connectivity index (χ2v) is 4.35. The predicted octanol–water partition coefficient (Wildman–Crippen LogP) is 3.81. The van der Waals surface area contributed by atoms with E-state index in [0.717, 1.165) is 0 Å². The molecule has 0 aliphatic carbocycles. The molecule has 0 saturated carbocycles. The van der Waals surface area contributed by atoms with E-state index in [-0.39, 0.29) is 6.42 Å². The predicted molar refractivity (Wildman–Crippen MR) is 63.6 cm³/mol. The Morgan fingerprint density at radius 3 is 2.26 bits per heavy atom. The fraction of sp³-hybridized carbons (Fsp3) is 0.417. The van der Waals surface area contributed by atoms with Crippen LogP contribution in [-0.2, 0) is 4.79 Å². The number of halogens is 5. The third-order valence-corrected chi connectivity index (χ3v) is 2.81. The molecule has 0 spiro atoms. The van der Waals surface area contributed by atoms with Crippen molar-refractivity contribution in [1.82, 2.24) is 5.32 Å². The Morgan fingerprint density at radius 2 is 1.84 bits per heavy atom. The summed E-state index contributed by atoms with van der Waals surface area (Å²) in [4.78, 5) is 11.1. The van der Waals surface area contributed by atoms with E-state index in [1.165, 1.54) is 24.3 Å². The van der Waals surface area contributed by atoms with Gasteiger partial charge in [-0.1, -0.05) is 30.7 Å². The zero-order valence-electron chi connectivity index (χ0n) is 9.97. The summed E-state index contributed by atoms with van der Waals surface area (Å²) in [6.07, 6.45) is -3.75. The Kier molecular flexibility index (Phi) is 5.17. The molecular weight excluding hydrogens is 286 g/mol. The van der Waals surface area contributed by atoms with Crippen molar-refractivity contribution in [3.05, 3.63) is 34.9 Å². The number of carbonyl (C=O) groups excluding carboxylic acids is 1. The Labute approximate surface area is 112 Å². The average molecular weight is 298 g/mol. The van der Waals surface area contributed by atoms with E-state index in [9.17, 15) is 22.4 Å². The van der Waals surface area contributed by atoms with Gasteiger partial charge in [0.15, 0.2) is 0 Å². The van der Waals surface area contributed by atoms with Crippen LogP contribution in [0.1, 0.15) is 24.9 Å². The van der Waals surface area contributed by atoms with E-state index in [2.05, 4.69) is 0 Å². The van der Waals surface area contributed by atoms with Crippen LogP contribution in [-0.4, -0.2) is 18.3 Å². The molecule has 0 heterocycles. The summed E-state index contributed by atoms with van der Waals surface area (Å²) in [6, 6.07) is 5.36. The lowest BCUT2D eigenvalue weighted by Crippen LogP contribution is -2.46. The Bertz CT molecular complexity index is 436. The van der Waals surface area contributed by atoms with E-state index in [1.54, 1.807) is 6.92 Å². The van der Waals surface area contributed by atoms with E-state index in [4.69, 9.17) is 11.6 Å². The van der Waals surface area contributed by atoms with Gasteiger partial charge in [0, 0.05) is 5.02 Å². The SMILES string of the molecule is CCC(NC(=O)C(F)(F)C(F)F)c1ccc(Cl)cc1. The van der Waals surface area contributed by atoms with Crippen molar-refractivity contribution in [2.75, 3.05) is 0 Å². The maximum Gasteiger partial charge on any atom is 0.383 e. The molecule has 1 aromatic rings. The first kappa shape index (κ1) is 15.8. The van der Waals surface area contributed by atoms with Crippen molar-refractivity contribution in [3.63, 3.8) is 0 Å². The zero-order valence-corrected chi connectivity index (χ0v) is 10.7. The minimum Gasteiger partial charge on any atom is -0.344 e. The molecule has 0 aliphatic heterocycles. The standard InChI is InChI=1S/C12H12ClF4NO/c1-2-9(7-3-5-8(13)6-4-7)18-11(19)12(16,17)10(14)15/h3-6,9-10H,2H2,1H3,(H,18,19). The van der Waals surface area contributed by atoms with Crippen molar-refractivity contribution < 1.29 is 22.4 Å². The molecule has 7 heteroatoms. The summed E-state index contributed by atoms with van der Waals surface area (Å²) in [7, 11) is 0. The summed E-state index contributed by atoms with van der Waals surface area (Å²) in [5.74, 6) is -6.68. The third kappa shape index (κ3) is 3.83. The van der Waals surface area contributed by atoms with Crippen molar-refractivity contribution >= 4 is 17.5 Å². The van der Waals surface area contributed by atoms with E-state index >= 15 is 0 Å². The summed E-state index contributed by atoms with van der Waals surface area (Å²) >= 11 is 5.67. The summed E-state index contributed by atoms with van der Waals surface area (Å²) in [5.41, 5.74) is 0.519. The first-order valence-corrected chi connectivity index (χ1v) is 5.89. The van der Waals surface area contributed by atoms with E-state index < -0.39 is 24.3 Å². The number of alkyl halides is 4. The topological polar surface area (TPSA) is 29.1 Å². The normalized spacial score (nSPS) is 13.4. The molecule has 106 valence electrons. The molecule has 2 nitrogen and oxygen atoms in total. The highest BCUT2D eigenvalue weighted by molar-refractivity contribution is 6.30. The number of amides is 1. The van der Waals surface area contributed by atoms with Crippen LogP contribution in [0.3, 0.4) is 0 Å². The van der Waals surface area contributed by atoms with Gasteiger partial charge in [-0.15, -0.1) is 0 Å². The van der Waals surface area contributed by atoms with Gasteiger partial charge in [0.2, 0.25) is 0 Å². The summed E-state index contributed by atoms with van der Waals surface area (Å²) in [6.45, 7) is 1.64. The number of carbonyl (C=O) groups is 1. The van der Waals surface area contributed by atoms with Gasteiger partial charge in [-0.3, -0.25) is 4.79 Å². The smallest absolute Gasteiger partial charge is 0.344 e. The second kappa shape index (κ2) is 6.23. The number of hydrogen-bond donors (Lipinski definition) is 1. The van der Waals surface area contributed by atoms with Crippen LogP contribution in [0.5, 0.6) is 0 Å². The molecule has 1 unspecified atom stereocenters. The number of rotatable bonds is 5. The molecule has 0 fully saturated rings. The van der Waals surface area contributed by atoms with Crippen LogP contribution in [0.4, 0.5) is 17.6 Å². The van der Waals surface area contributed by atoms with Crippen molar-refractivity contribution in [1.29, 1.82) is 0 Å². The van der Waals surface area contributed by atoms with Gasteiger partial charge in [0.05, 0.1) is 6.04 Å². The number of benzene rings is 1. The molecule has 1 atom stereocenters. The molecule has 1 N–H and O–H groups in total. The van der Waals surface area contributed by atoms with Crippen molar-refractivity contribution in [2.24, 2.45) is 0 Å². The van der Waals surface area contributed by atoms with Gasteiger partial charge >= 0.3 is 12.3 Å². The van der Waals surface area contributed by atoms with E-state index in [0.29, 0.717) is 10.6 Å². The van der Waals surface area contributed by atoms with Crippen LogP contribution in [0.25, 0.3) is 0 Å². The lowest BCUT2D eigenvalue weighted by atomic mass is 10.0. The fourth-order valence-electron chi connectivity index (χ4n) is 1.47. The van der Waals surface area contributed by atoms with Crippen LogP contribution in [0.2, 0.25) is 5.02 Å². The molecule has 0 aromatic heterocycles. The average Bonchev–Trinajstić information content (AvgIpc) is 2.36. The number of hydrogen-bond acceptors (Lipinski definition) is 1. The highest BCUT2D eigenvalue weighted by Crippen LogP contribution is 2.26. The van der Waals surface area contributed by atoms with Gasteiger partial charge in [0.25, 0.3) is 5.91 Å². The molecule has 0 aliphatic rings. The zero-order chi connectivity index (χ0) is 14.6. The van der Waals surface area contributed by atoms with Gasteiger partial charge in [0.1, 0.15) is 0 Å². The Morgan fingerprint density at radius 1 is 1.32 bits per heavy atom. The molecule has 0 radical (unpaired) electrons. The third-order valence-electron chi connectivity index (χ3n) is 2.56. The lowest BCUT2D eigenvalue weighted by Gasteiger charge is -2.21. The van der Waals surface area contributed by atoms with Crippen LogP contribution >= 0.6 is 11.6 Å². The van der Waals surface area contributed by atoms with Crippen molar-refractivity contribution in [2.45, 2.75) is 31.7 Å². The van der Waals surface area contributed by atoms with E-state index in [1.807, 2.05) is 5.32 Å². The van der Waals surface area contributed by atoms with Crippen LogP contribution in [0, 0.1) is 0 Å². The highest BCUT2D eigenvalue weighted by atomic mass is 35.5. The summed E-state index contributed by atoms with van der Waals surface area (Å²) < 4.78 is 49.8. The van der Waals surface area contributed by atoms with Gasteiger partial charge in [-0.25, -0.2) is 8.78 Å². The van der Waals surface area contributed by atoms with Gasteiger partial charge < -0.3 is 5.32 Å². The largest absolute Gasteiger partial charge is 0.383 e. The molecule has 1 rings (SSSR count). The monoisotopic (exact) mass is 297 g/mol. The minimum atomic E-state index is -4.69. The van der Waals surface area contributed by atoms with Gasteiger partial charge in [-0.05, 0) is 24.1 Å². The first-order valence-electron chi connectivity index (χ1n) is 5.51. The number of nitrogens with one attached hydrogen (secondary N) is 1. The van der Waals surface area contributed by atoms with Crippen molar-refractivity contribution in [3.8, 4) is 0 Å². The maximum atomic E-state index is 12.8. The molecule has 0 saturated heterocycles. The minimum absolute atomic E-state index is 0.284. The molecule has 0 bridgehead atoms. The molecule has 1 aromatic carbocycles. The maximum absolute atomic E-state index is 12.8. The van der Waals surface area contributed by atoms with Crippen LogP contribution in [0.15, 0.2) is 24.3 Å². The van der Waals surface area contributed by atoms with Crippen LogP contribution < -0.4 is 5.32 Å². The Balaban J connectivity index is 2.83. The Hall–Kier alpha value is -1.30. The first-order chi connectivity index (χ1) is 8.78. The summed E-state index contributed by atoms with van der Waals surface area (Å²) in [5, 5.41) is 2.36. The molecular formula is C12H12ClF4NO.